The van der Waals surface area contributed by atoms with Gasteiger partial charge in [-0.3, -0.25) is 14.9 Å². The third-order valence-electron chi connectivity index (χ3n) is 4.45. The highest BCUT2D eigenvalue weighted by Crippen LogP contribution is 2.22. The number of esters is 2. The minimum atomic E-state index is -1.13. The van der Waals surface area contributed by atoms with E-state index in [1.54, 1.807) is 20.8 Å². The van der Waals surface area contributed by atoms with Crippen molar-refractivity contribution < 1.29 is 28.8 Å². The van der Waals surface area contributed by atoms with Gasteiger partial charge in [0.2, 0.25) is 5.78 Å². The lowest BCUT2D eigenvalue weighted by atomic mass is 10.1. The largest absolute Gasteiger partial charge is 0.462 e. The number of ether oxygens (including phenoxy) is 2. The Kier molecular flexibility index (Phi) is 6.53. The molecular formula is C20H22N2O7. The fourth-order valence-electron chi connectivity index (χ4n) is 2.98. The number of rotatable bonds is 7. The number of nitrogens with one attached hydrogen (secondary N) is 1. The molecule has 154 valence electrons. The van der Waals surface area contributed by atoms with Crippen molar-refractivity contribution in [3.8, 4) is 0 Å². The van der Waals surface area contributed by atoms with Crippen LogP contribution in [0, 0.1) is 30.9 Å². The van der Waals surface area contributed by atoms with E-state index in [0.29, 0.717) is 16.8 Å². The summed E-state index contributed by atoms with van der Waals surface area (Å²) in [7, 11) is 0. The molecule has 0 unspecified atom stereocenters. The maximum absolute atomic E-state index is 12.7. The zero-order chi connectivity index (χ0) is 21.9. The van der Waals surface area contributed by atoms with Gasteiger partial charge >= 0.3 is 11.9 Å². The van der Waals surface area contributed by atoms with Crippen LogP contribution in [0.15, 0.2) is 18.2 Å². The molecule has 0 bridgehead atoms. The maximum atomic E-state index is 12.7. The van der Waals surface area contributed by atoms with Crippen LogP contribution in [-0.2, 0) is 9.47 Å². The number of H-pyrrole nitrogens is 1. The van der Waals surface area contributed by atoms with E-state index in [0.717, 1.165) is 0 Å². The number of aromatic amines is 1. The van der Waals surface area contributed by atoms with Crippen LogP contribution in [0.5, 0.6) is 0 Å². The Hall–Kier alpha value is -3.49. The van der Waals surface area contributed by atoms with Gasteiger partial charge in [-0.25, -0.2) is 9.59 Å². The lowest BCUT2D eigenvalue weighted by molar-refractivity contribution is -0.385. The molecule has 0 spiro atoms. The molecule has 2 rings (SSSR count). The number of nitrogens with zero attached hydrogens (tertiary/aromatic N) is 1. The molecule has 9 nitrogen and oxygen atoms in total. The van der Waals surface area contributed by atoms with Gasteiger partial charge < -0.3 is 14.5 Å². The zero-order valence-corrected chi connectivity index (χ0v) is 16.8. The topological polar surface area (TPSA) is 129 Å². The highest BCUT2D eigenvalue weighted by atomic mass is 16.6. The second-order valence-corrected chi connectivity index (χ2v) is 6.52. The average Bonchev–Trinajstić information content (AvgIpc) is 2.94. The number of hydrogen-bond donors (Lipinski definition) is 1. The van der Waals surface area contributed by atoms with E-state index in [4.69, 9.17) is 9.47 Å². The summed E-state index contributed by atoms with van der Waals surface area (Å²) in [4.78, 5) is 50.4. The number of ketones is 1. The summed E-state index contributed by atoms with van der Waals surface area (Å²) in [6, 6.07) is 3.82. The first-order valence-corrected chi connectivity index (χ1v) is 8.94. The summed E-state index contributed by atoms with van der Waals surface area (Å²) in [5, 5.41) is 10.9. The molecular weight excluding hydrogens is 380 g/mol. The quantitative estimate of drug-likeness (QED) is 0.325. The summed E-state index contributed by atoms with van der Waals surface area (Å²) in [6.45, 7) is 8.06. The maximum Gasteiger partial charge on any atom is 0.340 e. The summed E-state index contributed by atoms with van der Waals surface area (Å²) < 4.78 is 10.2. The Morgan fingerprint density at radius 2 is 1.83 bits per heavy atom. The second-order valence-electron chi connectivity index (χ2n) is 6.52. The van der Waals surface area contributed by atoms with Crippen LogP contribution >= 0.6 is 0 Å². The van der Waals surface area contributed by atoms with Crippen molar-refractivity contribution in [3.05, 3.63) is 62.0 Å². The van der Waals surface area contributed by atoms with Crippen LogP contribution in [0.1, 0.15) is 61.9 Å². The lowest BCUT2D eigenvalue weighted by Crippen LogP contribution is -2.25. The van der Waals surface area contributed by atoms with Crippen molar-refractivity contribution in [3.63, 3.8) is 0 Å². The smallest absolute Gasteiger partial charge is 0.340 e. The van der Waals surface area contributed by atoms with Gasteiger partial charge in [-0.05, 0) is 52.3 Å². The number of carbonyl (C=O) groups excluding carboxylic acids is 3. The normalized spacial score (nSPS) is 11.6. The molecule has 0 radical (unpaired) electrons. The van der Waals surface area contributed by atoms with Crippen LogP contribution in [0.4, 0.5) is 5.69 Å². The third-order valence-corrected chi connectivity index (χ3v) is 4.45. The Morgan fingerprint density at radius 1 is 1.17 bits per heavy atom. The standard InChI is InChI=1S/C20H22N2O7/c1-6-28-20(25)16-11(3)17(21-12(16)4)18(23)13(5)29-19(24)14-7-8-15(22(26)27)10(2)9-14/h7-9,13,21H,6H2,1-5H3/t13-/m1/s1. The zero-order valence-electron chi connectivity index (χ0n) is 16.8. The molecule has 0 aliphatic carbocycles. The first-order valence-electron chi connectivity index (χ1n) is 8.94. The first-order chi connectivity index (χ1) is 13.6. The van der Waals surface area contributed by atoms with Gasteiger partial charge in [0.15, 0.2) is 6.10 Å². The van der Waals surface area contributed by atoms with E-state index < -0.39 is 28.7 Å². The van der Waals surface area contributed by atoms with Crippen molar-refractivity contribution in [2.75, 3.05) is 6.61 Å². The van der Waals surface area contributed by atoms with Gasteiger partial charge in [-0.2, -0.15) is 0 Å². The summed E-state index contributed by atoms with van der Waals surface area (Å²) in [5.41, 5.74) is 1.62. The van der Waals surface area contributed by atoms with Crippen LogP contribution in [0.3, 0.4) is 0 Å². The fraction of sp³-hybridized carbons (Fsp3) is 0.350. The molecule has 9 heteroatoms. The molecule has 1 heterocycles. The average molecular weight is 402 g/mol. The van der Waals surface area contributed by atoms with Crippen molar-refractivity contribution in [1.29, 1.82) is 0 Å². The first kappa shape index (κ1) is 21.8. The van der Waals surface area contributed by atoms with E-state index >= 15 is 0 Å². The number of benzene rings is 1. The molecule has 0 aliphatic heterocycles. The number of nitro groups is 1. The minimum Gasteiger partial charge on any atom is -0.462 e. The van der Waals surface area contributed by atoms with E-state index in [2.05, 4.69) is 4.98 Å². The van der Waals surface area contributed by atoms with Gasteiger partial charge in [-0.15, -0.1) is 0 Å². The predicted molar refractivity (Wildman–Crippen MR) is 103 cm³/mol. The van der Waals surface area contributed by atoms with Crippen LogP contribution in [-0.4, -0.2) is 40.3 Å². The Labute approximate surface area is 167 Å². The van der Waals surface area contributed by atoms with Crippen LogP contribution in [0.2, 0.25) is 0 Å². The van der Waals surface area contributed by atoms with Crippen LogP contribution in [0.25, 0.3) is 0 Å². The van der Waals surface area contributed by atoms with E-state index in [1.807, 2.05) is 0 Å². The molecule has 0 fully saturated rings. The number of hydrogen-bond acceptors (Lipinski definition) is 7. The molecule has 0 aliphatic rings. The molecule has 0 amide bonds. The SMILES string of the molecule is CCOC(=O)c1c(C)[nH]c(C(=O)[C@@H](C)OC(=O)c2ccc([N+](=O)[O-])c(C)c2)c1C. The van der Waals surface area contributed by atoms with E-state index in [1.165, 1.54) is 32.0 Å². The fourth-order valence-corrected chi connectivity index (χ4v) is 2.98. The lowest BCUT2D eigenvalue weighted by Gasteiger charge is -2.12. The van der Waals surface area contributed by atoms with E-state index in [-0.39, 0.29) is 29.1 Å². The Balaban J connectivity index is 2.20. The number of nitro benzene ring substituents is 1. The van der Waals surface area contributed by atoms with Crippen molar-refractivity contribution in [1.82, 2.24) is 4.98 Å². The number of carbonyl (C=O) groups is 3. The number of Topliss-reactive ketones (excluding diaryl/α,β-unsaturated/α-hetero) is 1. The van der Waals surface area contributed by atoms with Crippen LogP contribution < -0.4 is 0 Å². The van der Waals surface area contributed by atoms with Crippen molar-refractivity contribution in [2.45, 2.75) is 40.7 Å². The van der Waals surface area contributed by atoms with Crippen molar-refractivity contribution in [2.24, 2.45) is 0 Å². The Morgan fingerprint density at radius 3 is 2.38 bits per heavy atom. The minimum absolute atomic E-state index is 0.0966. The van der Waals surface area contributed by atoms with Gasteiger partial charge in [0.1, 0.15) is 0 Å². The number of aromatic nitrogens is 1. The molecule has 1 atom stereocenters. The molecule has 1 aromatic carbocycles. The second kappa shape index (κ2) is 8.68. The predicted octanol–water partition coefficient (Wildman–Crippen LogP) is 3.45. The van der Waals surface area contributed by atoms with Gasteiger partial charge in [-0.1, -0.05) is 0 Å². The summed E-state index contributed by atoms with van der Waals surface area (Å²) in [6.07, 6.45) is -1.13. The number of aryl methyl sites for hydroxylation is 2. The van der Waals surface area contributed by atoms with Gasteiger partial charge in [0, 0.05) is 17.3 Å². The summed E-state index contributed by atoms with van der Waals surface area (Å²) in [5.74, 6) is -1.83. The highest BCUT2D eigenvalue weighted by Gasteiger charge is 2.28. The molecule has 2 aromatic rings. The molecule has 1 aromatic heterocycles. The van der Waals surface area contributed by atoms with Crippen molar-refractivity contribution >= 4 is 23.4 Å². The third kappa shape index (κ3) is 4.50. The monoisotopic (exact) mass is 402 g/mol. The molecule has 0 saturated carbocycles. The highest BCUT2D eigenvalue weighted by molar-refractivity contribution is 6.04. The van der Waals surface area contributed by atoms with Gasteiger partial charge in [0.05, 0.1) is 28.4 Å². The van der Waals surface area contributed by atoms with Gasteiger partial charge in [0.25, 0.3) is 5.69 Å². The van der Waals surface area contributed by atoms with E-state index in [9.17, 15) is 24.5 Å². The molecule has 29 heavy (non-hydrogen) atoms. The Bertz CT molecular complexity index is 991. The molecule has 1 N–H and O–H groups in total. The summed E-state index contributed by atoms with van der Waals surface area (Å²) >= 11 is 0. The molecule has 0 saturated heterocycles.